The largest absolute Gasteiger partial charge is 0.483 e. The first-order valence-electron chi connectivity index (χ1n) is 25.2. The lowest BCUT2D eigenvalue weighted by molar-refractivity contribution is -0.121. The monoisotopic (exact) mass is 1020 g/mol. The van der Waals surface area contributed by atoms with Gasteiger partial charge in [0.05, 0.1) is 39.6 Å². The molecule has 0 atom stereocenters. The van der Waals surface area contributed by atoms with Gasteiger partial charge in [0.15, 0.2) is 19.8 Å². The Bertz CT molecular complexity index is 2540. The Morgan fingerprint density at radius 2 is 0.640 bits per heavy atom. The molecule has 0 spiro atoms. The van der Waals surface area contributed by atoms with Crippen LogP contribution in [-0.2, 0) is 84.5 Å². The minimum atomic E-state index is -0.314. The normalized spacial score (nSPS) is 13.4. The number of hydrogen-bond donors (Lipinski definition) is 0. The summed E-state index contributed by atoms with van der Waals surface area (Å²) >= 11 is 0. The summed E-state index contributed by atoms with van der Waals surface area (Å²) in [6.07, 6.45) is 4.91. The van der Waals surface area contributed by atoms with Crippen molar-refractivity contribution in [2.45, 2.75) is 118 Å². The molecule has 3 aromatic heterocycles. The quantitative estimate of drug-likeness (QED) is 0.115. The number of carbonyl (C=O) groups is 3. The van der Waals surface area contributed by atoms with Gasteiger partial charge in [-0.25, -0.2) is 15.0 Å². The van der Waals surface area contributed by atoms with Gasteiger partial charge in [0.25, 0.3) is 17.7 Å². The molecule has 15 nitrogen and oxygen atoms in total. The highest BCUT2D eigenvalue weighted by Gasteiger charge is 2.27. The molecule has 0 N–H and O–H groups in total. The molecule has 0 radical (unpaired) electrons. The number of likely N-dealkylation sites (N-methyl/N-ethyl adjacent to an activating group) is 3. The van der Waals surface area contributed by atoms with Crippen molar-refractivity contribution in [3.8, 4) is 17.2 Å². The van der Waals surface area contributed by atoms with Crippen molar-refractivity contribution in [1.82, 2.24) is 15.0 Å². The molecule has 396 valence electrons. The second-order valence-corrected chi connectivity index (χ2v) is 21.9. The fraction of sp³-hybridized carbons (Fsp3) is 0.400. The minimum Gasteiger partial charge on any atom is -0.483 e. The molecule has 4 heterocycles. The molecule has 3 amide bonds. The molecule has 15 heteroatoms. The second kappa shape index (κ2) is 24.0. The number of amides is 3. The number of carbonyl (C=O) groups excluding carboxylic acids is 3. The van der Waals surface area contributed by atoms with E-state index in [0.29, 0.717) is 68.1 Å². The van der Waals surface area contributed by atoms with Crippen LogP contribution in [0.25, 0.3) is 0 Å². The van der Waals surface area contributed by atoms with Crippen molar-refractivity contribution < 1.29 is 42.8 Å². The van der Waals surface area contributed by atoms with Crippen molar-refractivity contribution in [1.29, 1.82) is 0 Å². The van der Waals surface area contributed by atoms with Gasteiger partial charge in [-0.15, -0.1) is 0 Å². The summed E-state index contributed by atoms with van der Waals surface area (Å²) in [5, 5.41) is 0. The zero-order chi connectivity index (χ0) is 54.1. The van der Waals surface area contributed by atoms with Crippen LogP contribution in [0.3, 0.4) is 0 Å². The van der Waals surface area contributed by atoms with Crippen molar-refractivity contribution in [2.24, 2.45) is 0 Å². The van der Waals surface area contributed by atoms with Crippen molar-refractivity contribution in [2.75, 3.05) is 55.7 Å². The number of pyridine rings is 3. The van der Waals surface area contributed by atoms with E-state index in [1.165, 1.54) is 14.7 Å². The Balaban J connectivity index is 1.36. The first kappa shape index (κ1) is 55.5. The molecule has 0 fully saturated rings. The van der Waals surface area contributed by atoms with Gasteiger partial charge < -0.3 is 28.4 Å². The summed E-state index contributed by atoms with van der Waals surface area (Å²) in [5.74, 6) is 1.89. The molecule has 0 aliphatic carbocycles. The van der Waals surface area contributed by atoms with Crippen LogP contribution in [0, 0.1) is 0 Å². The van der Waals surface area contributed by atoms with Crippen LogP contribution in [0.4, 0.5) is 17.5 Å². The first-order valence-corrected chi connectivity index (χ1v) is 25.2. The first-order chi connectivity index (χ1) is 35.6. The third-order valence-electron chi connectivity index (χ3n) is 13.0. The number of anilines is 3. The molecule has 7 rings (SSSR count). The lowest BCUT2D eigenvalue weighted by atomic mass is 9.84. The van der Waals surface area contributed by atoms with Crippen LogP contribution in [-0.4, -0.2) is 73.6 Å². The van der Waals surface area contributed by atoms with Gasteiger partial charge in [-0.05, 0) is 106 Å². The van der Waals surface area contributed by atoms with Crippen molar-refractivity contribution >= 4 is 35.2 Å². The Labute approximate surface area is 442 Å². The van der Waals surface area contributed by atoms with Crippen LogP contribution >= 0.6 is 0 Å². The molecule has 0 saturated heterocycles. The van der Waals surface area contributed by atoms with Crippen LogP contribution in [0.1, 0.15) is 112 Å². The summed E-state index contributed by atoms with van der Waals surface area (Å²) in [4.78, 5) is 59.0. The molecule has 6 aromatic rings. The van der Waals surface area contributed by atoms with Gasteiger partial charge in [0.2, 0.25) is 0 Å². The van der Waals surface area contributed by atoms with E-state index in [0.717, 1.165) is 16.7 Å². The van der Waals surface area contributed by atoms with Crippen molar-refractivity contribution in [3.05, 3.63) is 160 Å². The number of aromatic nitrogens is 3. The zero-order valence-corrected chi connectivity index (χ0v) is 45.6. The summed E-state index contributed by atoms with van der Waals surface area (Å²) in [6, 6.07) is 28.5. The summed E-state index contributed by atoms with van der Waals surface area (Å²) < 4.78 is 39.9. The van der Waals surface area contributed by atoms with E-state index in [9.17, 15) is 14.4 Å². The molecule has 6 bridgehead atoms. The Hall–Kier alpha value is -7.20. The predicted molar refractivity (Wildman–Crippen MR) is 290 cm³/mol. The van der Waals surface area contributed by atoms with E-state index in [2.05, 4.69) is 114 Å². The molecule has 1 aliphatic rings. The van der Waals surface area contributed by atoms with Gasteiger partial charge >= 0.3 is 0 Å². The number of nitrogens with zero attached hydrogens (tertiary/aromatic N) is 6. The predicted octanol–water partition coefficient (Wildman–Crippen LogP) is 10.4. The fourth-order valence-corrected chi connectivity index (χ4v) is 8.31. The summed E-state index contributed by atoms with van der Waals surface area (Å²) in [5.41, 5.74) is 6.30. The lowest BCUT2D eigenvalue weighted by Gasteiger charge is -2.27. The average molecular weight is 1020 g/mol. The van der Waals surface area contributed by atoms with Crippen LogP contribution in [0.2, 0.25) is 0 Å². The van der Waals surface area contributed by atoms with Gasteiger partial charge in [0, 0.05) is 73.1 Å². The Kier molecular flexibility index (Phi) is 17.8. The smallest absolute Gasteiger partial charge is 0.265 e. The van der Waals surface area contributed by atoms with Crippen LogP contribution in [0.5, 0.6) is 17.2 Å². The van der Waals surface area contributed by atoms with Gasteiger partial charge in [0.1, 0.15) is 34.7 Å². The fourth-order valence-electron chi connectivity index (χ4n) is 8.31. The Morgan fingerprint density at radius 1 is 0.413 bits per heavy atom. The highest BCUT2D eigenvalue weighted by Crippen LogP contribution is 2.39. The topological polar surface area (TPSA) is 155 Å². The number of ether oxygens (including phenoxy) is 6. The van der Waals surface area contributed by atoms with E-state index in [-0.39, 0.29) is 93.4 Å². The van der Waals surface area contributed by atoms with E-state index < -0.39 is 0 Å². The molecule has 0 unspecified atom stereocenters. The maximum Gasteiger partial charge on any atom is 0.265 e. The number of rotatable bonds is 12. The van der Waals surface area contributed by atoms with Gasteiger partial charge in [-0.3, -0.25) is 29.1 Å². The number of benzene rings is 3. The lowest BCUT2D eigenvalue weighted by Crippen LogP contribution is -2.32. The minimum absolute atomic E-state index is 0.0822. The van der Waals surface area contributed by atoms with Gasteiger partial charge in [-0.1, -0.05) is 80.5 Å². The van der Waals surface area contributed by atoms with Gasteiger partial charge in [-0.2, -0.15) is 0 Å². The van der Waals surface area contributed by atoms with Crippen LogP contribution in [0.15, 0.2) is 110 Å². The number of hydrogen-bond acceptors (Lipinski definition) is 12. The second-order valence-electron chi connectivity index (χ2n) is 21.9. The molecular formula is C60H72N6O9. The van der Waals surface area contributed by atoms with E-state index in [4.69, 9.17) is 28.4 Å². The third kappa shape index (κ3) is 14.4. The van der Waals surface area contributed by atoms with E-state index in [1.54, 1.807) is 76.1 Å². The summed E-state index contributed by atoms with van der Waals surface area (Å²) in [7, 11) is 4.99. The SMILES string of the molecule is CN(C(=O)COc1c2cc(C(C)(C)C)cc1COCc1cc(C(C)(C)C)cc(c1OCC(=O)N(C)c1ccccn1)COCc1cc(C(C)(C)C)cc(c1OCC(=O)N(C)c1ccccn1)COC2)c1ccccn1. The highest BCUT2D eigenvalue weighted by atomic mass is 16.5. The maximum atomic E-state index is 13.8. The third-order valence-corrected chi connectivity index (χ3v) is 13.0. The molecule has 3 aromatic carbocycles. The van der Waals surface area contributed by atoms with E-state index in [1.807, 2.05) is 18.2 Å². The molecule has 0 saturated carbocycles. The molecular weight excluding hydrogens is 949 g/mol. The van der Waals surface area contributed by atoms with Crippen molar-refractivity contribution in [3.63, 3.8) is 0 Å². The van der Waals surface area contributed by atoms with Crippen LogP contribution < -0.4 is 28.9 Å². The average Bonchev–Trinajstić information content (AvgIpc) is 3.38. The Morgan fingerprint density at radius 3 is 0.827 bits per heavy atom. The molecule has 1 aliphatic heterocycles. The molecule has 75 heavy (non-hydrogen) atoms. The summed E-state index contributed by atoms with van der Waals surface area (Å²) in [6.45, 7) is 18.8. The zero-order valence-electron chi connectivity index (χ0n) is 45.6. The highest BCUT2D eigenvalue weighted by molar-refractivity contribution is 5.94. The van der Waals surface area contributed by atoms with E-state index >= 15 is 0 Å². The maximum absolute atomic E-state index is 13.8. The number of fused-ring (bicyclic) bond motifs is 6. The standard InChI is InChI=1S/C60H72N6O9/c1-58(2,3)46-25-40-31-70-33-42-27-47(59(4,5)6)29-44(56(42)74-38-53(68)65(11)50-20-14-17-23-62-50)35-72-36-45-30-48(60(7,8)9)28-43(57(45)75-39-54(69)66(12)51-21-15-18-24-63-51)34-71-32-41(26-46)55(40)73-37-52(67)64(10)49-19-13-16-22-61-49/h13-30H,31-39H2,1-12H3.